The van der Waals surface area contributed by atoms with Crippen LogP contribution in [0.25, 0.3) is 10.8 Å². The summed E-state index contributed by atoms with van der Waals surface area (Å²) in [7, 11) is -2.81. The molecule has 11 heteroatoms. The summed E-state index contributed by atoms with van der Waals surface area (Å²) >= 11 is 0. The zero-order valence-corrected chi connectivity index (χ0v) is 17.8. The Bertz CT molecular complexity index is 1210. The maximum Gasteiger partial charge on any atom is 0.418 e. The minimum atomic E-state index is -4.68. The topological polar surface area (TPSA) is 88.6 Å². The van der Waals surface area contributed by atoms with Gasteiger partial charge in [-0.2, -0.15) is 17.5 Å². The van der Waals surface area contributed by atoms with Gasteiger partial charge in [0.2, 0.25) is 15.9 Å². The van der Waals surface area contributed by atoms with Crippen molar-refractivity contribution in [1.82, 2.24) is 9.29 Å². The number of fused-ring (bicyclic) bond motifs is 1. The molecule has 1 N–H and O–H groups in total. The van der Waals surface area contributed by atoms with Crippen LogP contribution in [0, 0.1) is 0 Å². The van der Waals surface area contributed by atoms with Gasteiger partial charge >= 0.3 is 6.18 Å². The molecule has 1 amide bonds. The number of benzene rings is 2. The number of aromatic nitrogens is 1. The summed E-state index contributed by atoms with van der Waals surface area (Å²) in [5.41, 5.74) is -1.48. The molecule has 0 saturated heterocycles. The third kappa shape index (κ3) is 5.23. The van der Waals surface area contributed by atoms with Crippen molar-refractivity contribution in [1.29, 1.82) is 0 Å². The molecule has 0 unspecified atom stereocenters. The van der Waals surface area contributed by atoms with Gasteiger partial charge < -0.3 is 10.1 Å². The number of amides is 1. The van der Waals surface area contributed by atoms with Crippen LogP contribution in [0.2, 0.25) is 0 Å². The lowest BCUT2D eigenvalue weighted by Gasteiger charge is -2.23. The number of nitrogens with zero attached hydrogens (tertiary/aromatic N) is 2. The zero-order chi connectivity index (χ0) is 23.4. The number of carbonyl (C=O) groups excluding carboxylic acids is 1. The molecule has 0 atom stereocenters. The van der Waals surface area contributed by atoms with Crippen LogP contribution in [-0.4, -0.2) is 50.4 Å². The lowest BCUT2D eigenvalue weighted by molar-refractivity contribution is -0.137. The molecule has 0 radical (unpaired) electrons. The molecule has 1 aromatic heterocycles. The van der Waals surface area contributed by atoms with Gasteiger partial charge in [0, 0.05) is 36.8 Å². The molecule has 1 heterocycles. The molecular weight excluding hydrogens is 447 g/mol. The molecule has 0 bridgehead atoms. The van der Waals surface area contributed by atoms with Crippen molar-refractivity contribution in [3.63, 3.8) is 0 Å². The van der Waals surface area contributed by atoms with Gasteiger partial charge in [-0.3, -0.25) is 9.78 Å². The normalized spacial score (nSPS) is 12.3. The van der Waals surface area contributed by atoms with Crippen LogP contribution < -0.4 is 5.32 Å². The van der Waals surface area contributed by atoms with Crippen molar-refractivity contribution >= 4 is 32.4 Å². The number of carbonyl (C=O) groups is 1. The Labute approximate surface area is 182 Å². The van der Waals surface area contributed by atoms with E-state index in [4.69, 9.17) is 4.74 Å². The van der Waals surface area contributed by atoms with E-state index in [2.05, 4.69) is 10.3 Å². The van der Waals surface area contributed by atoms with Gasteiger partial charge in [0.05, 0.1) is 29.3 Å². The number of halogens is 3. The maximum atomic E-state index is 13.4. The number of ether oxygens (including phenoxy) is 1. The Morgan fingerprint density at radius 2 is 1.88 bits per heavy atom. The second-order valence-corrected chi connectivity index (χ2v) is 8.68. The largest absolute Gasteiger partial charge is 0.418 e. The smallest absolute Gasteiger partial charge is 0.383 e. The van der Waals surface area contributed by atoms with Crippen LogP contribution >= 0.6 is 0 Å². The van der Waals surface area contributed by atoms with E-state index in [-0.39, 0.29) is 18.0 Å². The van der Waals surface area contributed by atoms with E-state index in [0.717, 1.165) is 16.4 Å². The maximum absolute atomic E-state index is 13.4. The van der Waals surface area contributed by atoms with E-state index in [1.807, 2.05) is 0 Å². The van der Waals surface area contributed by atoms with Gasteiger partial charge in [0.15, 0.2) is 0 Å². The molecule has 0 spiro atoms. The first-order chi connectivity index (χ1) is 15.1. The first-order valence-electron chi connectivity index (χ1n) is 9.42. The van der Waals surface area contributed by atoms with Gasteiger partial charge in [-0.15, -0.1) is 0 Å². The van der Waals surface area contributed by atoms with Crippen LogP contribution in [0.4, 0.5) is 18.9 Å². The Kier molecular flexibility index (Phi) is 7.12. The van der Waals surface area contributed by atoms with E-state index in [0.29, 0.717) is 10.8 Å². The highest BCUT2D eigenvalue weighted by molar-refractivity contribution is 7.89. The molecule has 0 saturated carbocycles. The first-order valence-corrected chi connectivity index (χ1v) is 10.9. The van der Waals surface area contributed by atoms with Crippen LogP contribution in [0.3, 0.4) is 0 Å². The number of hydrogen-bond acceptors (Lipinski definition) is 5. The fourth-order valence-corrected chi connectivity index (χ4v) is 4.72. The third-order valence-electron chi connectivity index (χ3n) is 4.63. The Hall–Kier alpha value is -3.02. The van der Waals surface area contributed by atoms with Crippen molar-refractivity contribution in [3.8, 4) is 0 Å². The lowest BCUT2D eigenvalue weighted by atomic mass is 10.1. The highest BCUT2D eigenvalue weighted by Crippen LogP contribution is 2.34. The standard InChI is InChI=1S/C21H20F3N3O4S/c1-31-12-11-27(14-20(28)26-18-7-3-2-6-17(18)21(22,23)24)32(29,30)19-8-4-5-15-13-25-10-9-16(15)19/h2-10,13H,11-12,14H2,1H3,(H,26,28). The molecule has 0 aliphatic heterocycles. The second-order valence-electron chi connectivity index (χ2n) is 6.78. The Balaban J connectivity index is 1.91. The van der Waals surface area contributed by atoms with Crippen LogP contribution in [0.5, 0.6) is 0 Å². The Morgan fingerprint density at radius 1 is 1.12 bits per heavy atom. The summed E-state index contributed by atoms with van der Waals surface area (Å²) in [6, 6.07) is 10.7. The average Bonchev–Trinajstić information content (AvgIpc) is 2.75. The van der Waals surface area contributed by atoms with E-state index in [9.17, 15) is 26.4 Å². The lowest BCUT2D eigenvalue weighted by Crippen LogP contribution is -2.40. The number of sulfonamides is 1. The van der Waals surface area contributed by atoms with Gasteiger partial charge in [-0.25, -0.2) is 8.42 Å². The van der Waals surface area contributed by atoms with Gasteiger partial charge in [-0.1, -0.05) is 24.3 Å². The molecule has 0 fully saturated rings. The average molecular weight is 467 g/mol. The monoisotopic (exact) mass is 467 g/mol. The summed E-state index contributed by atoms with van der Waals surface area (Å²) in [4.78, 5) is 16.5. The molecular formula is C21H20F3N3O4S. The number of anilines is 1. The molecule has 0 aliphatic carbocycles. The molecule has 2 aromatic carbocycles. The molecule has 170 valence electrons. The molecule has 0 aliphatic rings. The predicted molar refractivity (Wildman–Crippen MR) is 112 cm³/mol. The van der Waals surface area contributed by atoms with Crippen molar-refractivity contribution < 1.29 is 31.1 Å². The SMILES string of the molecule is COCCN(CC(=O)Nc1ccccc1C(F)(F)F)S(=O)(=O)c1cccc2cnccc12. The minimum Gasteiger partial charge on any atom is -0.383 e. The third-order valence-corrected chi connectivity index (χ3v) is 6.53. The quantitative estimate of drug-likeness (QED) is 0.548. The van der Waals surface area contributed by atoms with Gasteiger partial charge in [0.25, 0.3) is 0 Å². The van der Waals surface area contributed by atoms with Crippen LogP contribution in [0.15, 0.2) is 65.8 Å². The van der Waals surface area contributed by atoms with Crippen molar-refractivity contribution in [2.45, 2.75) is 11.1 Å². The minimum absolute atomic E-state index is 0.0159. The number of hydrogen-bond donors (Lipinski definition) is 1. The highest BCUT2D eigenvalue weighted by atomic mass is 32.2. The molecule has 7 nitrogen and oxygen atoms in total. The molecule has 3 rings (SSSR count). The van der Waals surface area contributed by atoms with Crippen LogP contribution in [-0.2, 0) is 25.7 Å². The summed E-state index contributed by atoms with van der Waals surface area (Å²) in [5, 5.41) is 3.17. The van der Waals surface area contributed by atoms with E-state index >= 15 is 0 Å². The number of methoxy groups -OCH3 is 1. The van der Waals surface area contributed by atoms with Gasteiger partial charge in [0.1, 0.15) is 0 Å². The van der Waals surface area contributed by atoms with E-state index in [1.54, 1.807) is 12.1 Å². The summed E-state index contributed by atoms with van der Waals surface area (Å²) in [6.45, 7) is -0.883. The number of pyridine rings is 1. The van der Waals surface area contributed by atoms with E-state index < -0.39 is 39.9 Å². The predicted octanol–water partition coefficient (Wildman–Crippen LogP) is 3.53. The summed E-state index contributed by atoms with van der Waals surface area (Å²) in [5.74, 6) is -0.914. The summed E-state index contributed by atoms with van der Waals surface area (Å²) < 4.78 is 72.2. The zero-order valence-electron chi connectivity index (χ0n) is 17.0. The molecule has 3 aromatic rings. The Morgan fingerprint density at radius 3 is 2.59 bits per heavy atom. The second kappa shape index (κ2) is 9.63. The number of nitrogens with one attached hydrogen (secondary N) is 1. The number of alkyl halides is 3. The highest BCUT2D eigenvalue weighted by Gasteiger charge is 2.34. The number of rotatable bonds is 8. The van der Waals surface area contributed by atoms with Gasteiger partial charge in [-0.05, 0) is 24.3 Å². The fourth-order valence-electron chi connectivity index (χ4n) is 3.12. The van der Waals surface area contributed by atoms with Crippen LogP contribution in [0.1, 0.15) is 5.56 Å². The van der Waals surface area contributed by atoms with Crippen molar-refractivity contribution in [2.24, 2.45) is 0 Å². The first kappa shape index (κ1) is 23.6. The van der Waals surface area contributed by atoms with Crippen molar-refractivity contribution in [2.75, 3.05) is 32.1 Å². The molecule has 32 heavy (non-hydrogen) atoms. The fraction of sp³-hybridized carbons (Fsp3) is 0.238. The summed E-state index contributed by atoms with van der Waals surface area (Å²) in [6.07, 6.45) is -1.72. The van der Waals surface area contributed by atoms with E-state index in [1.165, 1.54) is 43.8 Å². The van der Waals surface area contributed by atoms with Crippen molar-refractivity contribution in [3.05, 3.63) is 66.5 Å². The number of para-hydroxylation sites is 1.